The number of ether oxygens (including phenoxy) is 1. The molecule has 1 unspecified atom stereocenters. The Morgan fingerprint density at radius 2 is 2.00 bits per heavy atom. The first kappa shape index (κ1) is 15.8. The molecule has 2 rings (SSSR count). The Morgan fingerprint density at radius 3 is 2.57 bits per heavy atom. The van der Waals surface area contributed by atoms with Crippen LogP contribution in [0.2, 0.25) is 0 Å². The van der Waals surface area contributed by atoms with Crippen molar-refractivity contribution in [2.24, 2.45) is 0 Å². The number of amides is 1. The Balaban J connectivity index is 1.83. The standard InChI is InChI=1S/C17H26N2O2/c1-17(2,3)21-16(20)19-12-13-7-9-14(10-8-13)15-6-4-5-11-18-15/h7-10,15,18H,4-6,11-12H2,1-3H3,(H,19,20). The molecule has 4 heteroatoms. The van der Waals surface area contributed by atoms with Crippen LogP contribution in [0.3, 0.4) is 0 Å². The van der Waals surface area contributed by atoms with Crippen molar-refractivity contribution in [1.82, 2.24) is 10.6 Å². The Kier molecular flexibility index (Phi) is 5.23. The number of alkyl carbamates (subject to hydrolysis) is 1. The third kappa shape index (κ3) is 5.38. The maximum Gasteiger partial charge on any atom is 0.407 e. The molecular weight excluding hydrogens is 264 g/mol. The number of rotatable bonds is 3. The highest BCUT2D eigenvalue weighted by Crippen LogP contribution is 2.23. The minimum absolute atomic E-state index is 0.375. The zero-order chi connectivity index (χ0) is 15.3. The van der Waals surface area contributed by atoms with E-state index in [1.54, 1.807) is 0 Å². The summed E-state index contributed by atoms with van der Waals surface area (Å²) in [5, 5.41) is 6.32. The van der Waals surface area contributed by atoms with Gasteiger partial charge in [0, 0.05) is 12.6 Å². The summed E-state index contributed by atoms with van der Waals surface area (Å²) in [4.78, 5) is 11.6. The van der Waals surface area contributed by atoms with Gasteiger partial charge in [-0.25, -0.2) is 4.79 Å². The van der Waals surface area contributed by atoms with Crippen LogP contribution in [0, 0.1) is 0 Å². The predicted octanol–water partition coefficient (Wildman–Crippen LogP) is 3.53. The van der Waals surface area contributed by atoms with Crippen molar-refractivity contribution in [3.05, 3.63) is 35.4 Å². The molecule has 1 saturated heterocycles. The molecule has 0 saturated carbocycles. The van der Waals surface area contributed by atoms with E-state index < -0.39 is 5.60 Å². The van der Waals surface area contributed by atoms with Crippen molar-refractivity contribution in [1.29, 1.82) is 0 Å². The predicted molar refractivity (Wildman–Crippen MR) is 84.1 cm³/mol. The molecule has 1 aliphatic heterocycles. The quantitative estimate of drug-likeness (QED) is 0.895. The lowest BCUT2D eigenvalue weighted by atomic mass is 9.97. The van der Waals surface area contributed by atoms with Gasteiger partial charge < -0.3 is 15.4 Å². The topological polar surface area (TPSA) is 50.4 Å². The fraction of sp³-hybridized carbons (Fsp3) is 0.588. The molecule has 0 aromatic heterocycles. The van der Waals surface area contributed by atoms with Crippen molar-refractivity contribution in [3.63, 3.8) is 0 Å². The molecule has 0 spiro atoms. The summed E-state index contributed by atoms with van der Waals surface area (Å²) in [6.07, 6.45) is 3.39. The van der Waals surface area contributed by atoms with Crippen molar-refractivity contribution in [3.8, 4) is 0 Å². The number of carbonyl (C=O) groups excluding carboxylic acids is 1. The molecule has 1 aromatic rings. The molecule has 2 N–H and O–H groups in total. The van der Waals surface area contributed by atoms with E-state index in [4.69, 9.17) is 4.74 Å². The van der Waals surface area contributed by atoms with Gasteiger partial charge in [0.1, 0.15) is 5.60 Å². The van der Waals surface area contributed by atoms with Crippen molar-refractivity contribution < 1.29 is 9.53 Å². The molecular formula is C17H26N2O2. The molecule has 21 heavy (non-hydrogen) atoms. The normalized spacial score (nSPS) is 19.1. The van der Waals surface area contributed by atoms with Crippen LogP contribution >= 0.6 is 0 Å². The van der Waals surface area contributed by atoms with Crippen LogP contribution in [0.1, 0.15) is 57.2 Å². The van der Waals surface area contributed by atoms with Gasteiger partial charge in [-0.2, -0.15) is 0 Å². The van der Waals surface area contributed by atoms with E-state index in [2.05, 4.69) is 34.9 Å². The van der Waals surface area contributed by atoms with E-state index in [1.165, 1.54) is 24.8 Å². The minimum Gasteiger partial charge on any atom is -0.444 e. The summed E-state index contributed by atoms with van der Waals surface area (Å²) in [6.45, 7) is 7.18. The van der Waals surface area contributed by atoms with E-state index in [9.17, 15) is 4.79 Å². The molecule has 1 atom stereocenters. The highest BCUT2D eigenvalue weighted by Gasteiger charge is 2.16. The highest BCUT2D eigenvalue weighted by molar-refractivity contribution is 5.67. The minimum atomic E-state index is -0.458. The van der Waals surface area contributed by atoms with Gasteiger partial charge in [0.15, 0.2) is 0 Å². The molecule has 0 aliphatic carbocycles. The lowest BCUT2D eigenvalue weighted by molar-refractivity contribution is 0.0523. The van der Waals surface area contributed by atoms with Crippen molar-refractivity contribution in [2.75, 3.05) is 6.54 Å². The van der Waals surface area contributed by atoms with E-state index in [1.807, 2.05) is 20.8 Å². The molecule has 1 heterocycles. The maximum absolute atomic E-state index is 11.6. The Morgan fingerprint density at radius 1 is 1.29 bits per heavy atom. The van der Waals surface area contributed by atoms with Gasteiger partial charge in [-0.15, -0.1) is 0 Å². The van der Waals surface area contributed by atoms with Gasteiger partial charge >= 0.3 is 6.09 Å². The molecule has 1 aromatic carbocycles. The second-order valence-corrected chi connectivity index (χ2v) is 6.60. The van der Waals surface area contributed by atoms with Gasteiger partial charge in [-0.3, -0.25) is 0 Å². The summed E-state index contributed by atoms with van der Waals surface area (Å²) < 4.78 is 5.22. The SMILES string of the molecule is CC(C)(C)OC(=O)NCc1ccc(C2CCCCN2)cc1. The first-order chi connectivity index (χ1) is 9.94. The van der Waals surface area contributed by atoms with Gasteiger partial charge in [-0.1, -0.05) is 30.7 Å². The zero-order valence-electron chi connectivity index (χ0n) is 13.2. The third-order valence-electron chi connectivity index (χ3n) is 3.53. The van der Waals surface area contributed by atoms with Gasteiger partial charge in [0.2, 0.25) is 0 Å². The molecule has 0 bridgehead atoms. The van der Waals surface area contributed by atoms with Crippen molar-refractivity contribution >= 4 is 6.09 Å². The summed E-state index contributed by atoms with van der Waals surface area (Å²) in [5.74, 6) is 0. The first-order valence-electron chi connectivity index (χ1n) is 7.73. The van der Waals surface area contributed by atoms with Crippen LogP contribution in [0.25, 0.3) is 0 Å². The molecule has 116 valence electrons. The number of benzene rings is 1. The maximum atomic E-state index is 11.6. The van der Waals surface area contributed by atoms with Crippen LogP contribution in [0.15, 0.2) is 24.3 Å². The molecule has 1 aliphatic rings. The monoisotopic (exact) mass is 290 g/mol. The average Bonchev–Trinajstić information content (AvgIpc) is 2.45. The Hall–Kier alpha value is -1.55. The van der Waals surface area contributed by atoms with Crippen molar-refractivity contribution in [2.45, 2.75) is 58.2 Å². The number of piperidine rings is 1. The summed E-state index contributed by atoms with van der Waals surface area (Å²) >= 11 is 0. The summed E-state index contributed by atoms with van der Waals surface area (Å²) in [5.41, 5.74) is 1.96. The van der Waals surface area contributed by atoms with Gasteiger partial charge in [0.05, 0.1) is 0 Å². The summed E-state index contributed by atoms with van der Waals surface area (Å²) in [6, 6.07) is 8.92. The number of hydrogen-bond donors (Lipinski definition) is 2. The lowest BCUT2D eigenvalue weighted by Gasteiger charge is -2.24. The molecule has 1 amide bonds. The summed E-state index contributed by atoms with van der Waals surface area (Å²) in [7, 11) is 0. The molecule has 0 radical (unpaired) electrons. The van der Waals surface area contributed by atoms with E-state index in [0.29, 0.717) is 12.6 Å². The largest absolute Gasteiger partial charge is 0.444 e. The average molecular weight is 290 g/mol. The smallest absolute Gasteiger partial charge is 0.407 e. The first-order valence-corrected chi connectivity index (χ1v) is 7.73. The zero-order valence-corrected chi connectivity index (χ0v) is 13.2. The van der Waals surface area contributed by atoms with Crippen LogP contribution in [-0.2, 0) is 11.3 Å². The fourth-order valence-electron chi connectivity index (χ4n) is 2.49. The van der Waals surface area contributed by atoms with Crippen LogP contribution in [0.4, 0.5) is 4.79 Å². The van der Waals surface area contributed by atoms with E-state index >= 15 is 0 Å². The highest BCUT2D eigenvalue weighted by atomic mass is 16.6. The lowest BCUT2D eigenvalue weighted by Crippen LogP contribution is -2.32. The molecule has 4 nitrogen and oxygen atoms in total. The van der Waals surface area contributed by atoms with Crippen LogP contribution in [0.5, 0.6) is 0 Å². The van der Waals surface area contributed by atoms with Crippen LogP contribution < -0.4 is 10.6 Å². The van der Waals surface area contributed by atoms with E-state index in [-0.39, 0.29) is 6.09 Å². The Labute approximate surface area is 127 Å². The van der Waals surface area contributed by atoms with Gasteiger partial charge in [-0.05, 0) is 51.3 Å². The second-order valence-electron chi connectivity index (χ2n) is 6.60. The Bertz CT molecular complexity index is 457. The van der Waals surface area contributed by atoms with Gasteiger partial charge in [0.25, 0.3) is 0 Å². The number of nitrogens with one attached hydrogen (secondary N) is 2. The molecule has 1 fully saturated rings. The fourth-order valence-corrected chi connectivity index (χ4v) is 2.49. The second kappa shape index (κ2) is 6.94. The van der Waals surface area contributed by atoms with Crippen LogP contribution in [-0.4, -0.2) is 18.2 Å². The number of hydrogen-bond acceptors (Lipinski definition) is 3. The third-order valence-corrected chi connectivity index (χ3v) is 3.53. The van der Waals surface area contributed by atoms with E-state index in [0.717, 1.165) is 12.1 Å². The number of carbonyl (C=O) groups is 1.